The lowest BCUT2D eigenvalue weighted by molar-refractivity contribution is 0.297. The molecule has 0 aromatic heterocycles. The van der Waals surface area contributed by atoms with Gasteiger partial charge in [-0.15, -0.1) is 0 Å². The van der Waals surface area contributed by atoms with E-state index in [-0.39, 0.29) is 4.90 Å². The number of nitrogens with two attached hydrogens (primary N) is 1. The van der Waals surface area contributed by atoms with E-state index in [2.05, 4.69) is 4.72 Å². The van der Waals surface area contributed by atoms with Gasteiger partial charge in [-0.2, -0.15) is 0 Å². The number of sulfonamides is 1. The lowest BCUT2D eigenvalue weighted by Gasteiger charge is -2.25. The molecule has 4 nitrogen and oxygen atoms in total. The molecule has 3 N–H and O–H groups in total. The molecule has 1 aromatic rings. The van der Waals surface area contributed by atoms with Crippen molar-refractivity contribution in [2.75, 3.05) is 12.3 Å². The van der Waals surface area contributed by atoms with Crippen molar-refractivity contribution >= 4 is 27.3 Å². The Hall–Kier alpha value is -0.780. The highest BCUT2D eigenvalue weighted by Crippen LogP contribution is 2.29. The first-order chi connectivity index (χ1) is 8.90. The first kappa shape index (κ1) is 14.6. The Kier molecular flexibility index (Phi) is 4.38. The van der Waals surface area contributed by atoms with Crippen LogP contribution in [0.5, 0.6) is 0 Å². The van der Waals surface area contributed by atoms with E-state index in [0.29, 0.717) is 28.7 Å². The Morgan fingerprint density at radius 2 is 2.11 bits per heavy atom. The Bertz CT molecular complexity index is 545. The van der Waals surface area contributed by atoms with E-state index < -0.39 is 10.0 Å². The maximum atomic E-state index is 12.1. The van der Waals surface area contributed by atoms with Crippen molar-refractivity contribution in [2.24, 2.45) is 5.92 Å². The molecule has 106 valence electrons. The quantitative estimate of drug-likeness (QED) is 0.821. The molecule has 6 heteroatoms. The molecular weight excluding hydrogens is 284 g/mol. The first-order valence-corrected chi connectivity index (χ1v) is 8.31. The molecule has 1 aromatic carbocycles. The van der Waals surface area contributed by atoms with E-state index in [0.717, 1.165) is 6.42 Å². The Labute approximate surface area is 119 Å². The molecular formula is C13H19ClN2O2S. The van der Waals surface area contributed by atoms with Gasteiger partial charge in [0.05, 0.1) is 15.6 Å². The third-order valence-electron chi connectivity index (χ3n) is 3.64. The summed E-state index contributed by atoms with van der Waals surface area (Å²) in [7, 11) is -3.49. The molecule has 1 saturated carbocycles. The van der Waals surface area contributed by atoms with Crippen LogP contribution in [0.1, 0.15) is 31.2 Å². The van der Waals surface area contributed by atoms with Crippen molar-refractivity contribution in [3.8, 4) is 0 Å². The average molecular weight is 303 g/mol. The molecule has 0 atom stereocenters. The van der Waals surface area contributed by atoms with E-state index in [1.807, 2.05) is 0 Å². The molecule has 0 radical (unpaired) electrons. The van der Waals surface area contributed by atoms with Crippen LogP contribution >= 0.6 is 11.6 Å². The van der Waals surface area contributed by atoms with E-state index in [9.17, 15) is 8.42 Å². The normalized spacial score (nSPS) is 16.3. The zero-order valence-corrected chi connectivity index (χ0v) is 12.5. The van der Waals surface area contributed by atoms with Crippen molar-refractivity contribution in [3.05, 3.63) is 22.7 Å². The molecule has 2 rings (SSSR count). The summed E-state index contributed by atoms with van der Waals surface area (Å²) < 4.78 is 26.9. The summed E-state index contributed by atoms with van der Waals surface area (Å²) >= 11 is 5.93. The summed E-state index contributed by atoms with van der Waals surface area (Å²) in [5.74, 6) is 0.680. The molecule has 0 unspecified atom stereocenters. The number of hydrogen-bond donors (Lipinski definition) is 2. The average Bonchev–Trinajstić information content (AvgIpc) is 2.28. The summed E-state index contributed by atoms with van der Waals surface area (Å²) in [6.07, 6.45) is 4.61. The van der Waals surface area contributed by atoms with Crippen molar-refractivity contribution in [1.82, 2.24) is 4.72 Å². The van der Waals surface area contributed by atoms with Crippen molar-refractivity contribution in [1.29, 1.82) is 0 Å². The maximum Gasteiger partial charge on any atom is 0.240 e. The predicted molar refractivity (Wildman–Crippen MR) is 77.7 cm³/mol. The Morgan fingerprint density at radius 1 is 1.42 bits per heavy atom. The number of rotatable bonds is 5. The van der Waals surface area contributed by atoms with Gasteiger partial charge < -0.3 is 5.73 Å². The van der Waals surface area contributed by atoms with Gasteiger partial charge in [0.25, 0.3) is 0 Å². The number of aryl methyl sites for hydroxylation is 1. The molecule has 1 aliphatic rings. The van der Waals surface area contributed by atoms with Crippen LogP contribution in [0, 0.1) is 12.8 Å². The Balaban J connectivity index is 2.05. The van der Waals surface area contributed by atoms with Gasteiger partial charge in [-0.1, -0.05) is 30.9 Å². The molecule has 0 amide bonds. The topological polar surface area (TPSA) is 72.2 Å². The zero-order chi connectivity index (χ0) is 14.0. The first-order valence-electron chi connectivity index (χ1n) is 6.45. The van der Waals surface area contributed by atoms with Crippen molar-refractivity contribution < 1.29 is 8.42 Å². The third kappa shape index (κ3) is 3.41. The van der Waals surface area contributed by atoms with Crippen LogP contribution in [0.4, 0.5) is 5.69 Å². The van der Waals surface area contributed by atoms with Gasteiger partial charge in [0.2, 0.25) is 10.0 Å². The second kappa shape index (κ2) is 5.69. The molecule has 1 fully saturated rings. The number of benzene rings is 1. The molecule has 0 bridgehead atoms. The summed E-state index contributed by atoms with van der Waals surface area (Å²) in [6.45, 7) is 2.22. The van der Waals surface area contributed by atoms with Gasteiger partial charge in [-0.05, 0) is 37.0 Å². The van der Waals surface area contributed by atoms with Gasteiger partial charge in [-0.25, -0.2) is 13.1 Å². The van der Waals surface area contributed by atoms with Gasteiger partial charge >= 0.3 is 0 Å². The lowest BCUT2D eigenvalue weighted by Crippen LogP contribution is -2.27. The van der Waals surface area contributed by atoms with Crippen LogP contribution in [0.2, 0.25) is 5.02 Å². The molecule has 19 heavy (non-hydrogen) atoms. The van der Waals surface area contributed by atoms with Gasteiger partial charge in [0.1, 0.15) is 0 Å². The minimum atomic E-state index is -3.49. The fourth-order valence-electron chi connectivity index (χ4n) is 2.18. The number of nitrogens with one attached hydrogen (secondary N) is 1. The van der Waals surface area contributed by atoms with Crippen LogP contribution in [-0.2, 0) is 10.0 Å². The highest BCUT2D eigenvalue weighted by Gasteiger charge is 2.20. The third-order valence-corrected chi connectivity index (χ3v) is 5.59. The standard InChI is InChI=1S/C13H19ClN2O2S/c1-9-7-11(8-12(15)13(9)14)19(17,18)16-6-5-10-3-2-4-10/h7-8,10,16H,2-6,15H2,1H3. The maximum absolute atomic E-state index is 12.1. The smallest absolute Gasteiger partial charge is 0.240 e. The highest BCUT2D eigenvalue weighted by atomic mass is 35.5. The minimum Gasteiger partial charge on any atom is -0.397 e. The van der Waals surface area contributed by atoms with E-state index in [1.54, 1.807) is 13.0 Å². The summed E-state index contributed by atoms with van der Waals surface area (Å²) in [5.41, 5.74) is 6.66. The molecule has 0 saturated heterocycles. The van der Waals surface area contributed by atoms with Crippen molar-refractivity contribution in [3.63, 3.8) is 0 Å². The molecule has 0 heterocycles. The van der Waals surface area contributed by atoms with Crippen LogP contribution < -0.4 is 10.5 Å². The lowest BCUT2D eigenvalue weighted by atomic mass is 9.83. The van der Waals surface area contributed by atoms with E-state index in [1.165, 1.54) is 25.3 Å². The zero-order valence-electron chi connectivity index (χ0n) is 10.9. The van der Waals surface area contributed by atoms with Crippen LogP contribution in [0.15, 0.2) is 17.0 Å². The monoisotopic (exact) mass is 302 g/mol. The fraction of sp³-hybridized carbons (Fsp3) is 0.538. The van der Waals surface area contributed by atoms with Gasteiger partial charge in [0, 0.05) is 6.54 Å². The number of hydrogen-bond acceptors (Lipinski definition) is 3. The van der Waals surface area contributed by atoms with Crippen LogP contribution in [-0.4, -0.2) is 15.0 Å². The minimum absolute atomic E-state index is 0.181. The van der Waals surface area contributed by atoms with Gasteiger partial charge in [0.15, 0.2) is 0 Å². The molecule has 0 aliphatic heterocycles. The van der Waals surface area contributed by atoms with Crippen LogP contribution in [0.3, 0.4) is 0 Å². The number of anilines is 1. The molecule has 1 aliphatic carbocycles. The summed E-state index contributed by atoms with van der Waals surface area (Å²) in [4.78, 5) is 0.181. The number of nitrogen functional groups attached to an aromatic ring is 1. The van der Waals surface area contributed by atoms with Crippen LogP contribution in [0.25, 0.3) is 0 Å². The van der Waals surface area contributed by atoms with Gasteiger partial charge in [-0.3, -0.25) is 0 Å². The van der Waals surface area contributed by atoms with E-state index in [4.69, 9.17) is 17.3 Å². The Morgan fingerprint density at radius 3 is 2.63 bits per heavy atom. The summed E-state index contributed by atoms with van der Waals surface area (Å²) in [5, 5.41) is 0.411. The molecule has 0 spiro atoms. The second-order valence-electron chi connectivity index (χ2n) is 5.13. The SMILES string of the molecule is Cc1cc(S(=O)(=O)NCCC2CCC2)cc(N)c1Cl. The van der Waals surface area contributed by atoms with Crippen molar-refractivity contribution in [2.45, 2.75) is 37.5 Å². The number of halogens is 1. The van der Waals surface area contributed by atoms with E-state index >= 15 is 0 Å². The highest BCUT2D eigenvalue weighted by molar-refractivity contribution is 7.89. The largest absolute Gasteiger partial charge is 0.397 e. The second-order valence-corrected chi connectivity index (χ2v) is 7.27. The summed E-state index contributed by atoms with van der Waals surface area (Å²) in [6, 6.07) is 2.95. The fourth-order valence-corrected chi connectivity index (χ4v) is 3.46. The predicted octanol–water partition coefficient (Wildman–Crippen LogP) is 2.70.